The van der Waals surface area contributed by atoms with Crippen LogP contribution in [0.3, 0.4) is 0 Å². The zero-order valence-electron chi connectivity index (χ0n) is 16.1. The lowest BCUT2D eigenvalue weighted by atomic mass is 10.1. The Labute approximate surface area is 164 Å². The van der Waals surface area contributed by atoms with E-state index in [1.807, 2.05) is 18.2 Å². The molecule has 7 heteroatoms. The molecule has 2 aromatic rings. The van der Waals surface area contributed by atoms with Crippen molar-refractivity contribution in [1.29, 1.82) is 0 Å². The Balaban J connectivity index is 1.41. The largest absolute Gasteiger partial charge is 0.341 e. The third-order valence-electron chi connectivity index (χ3n) is 5.32. The minimum absolute atomic E-state index is 0.00637. The molecule has 1 amide bonds. The van der Waals surface area contributed by atoms with E-state index in [-0.39, 0.29) is 5.91 Å². The van der Waals surface area contributed by atoms with Gasteiger partial charge in [-0.05, 0) is 69.2 Å². The van der Waals surface area contributed by atoms with Crippen molar-refractivity contribution in [2.45, 2.75) is 57.1 Å². The van der Waals surface area contributed by atoms with Gasteiger partial charge in [0.25, 0.3) is 0 Å². The van der Waals surface area contributed by atoms with Crippen molar-refractivity contribution < 1.29 is 4.79 Å². The number of thioether (sulfide) groups is 1. The summed E-state index contributed by atoms with van der Waals surface area (Å²) in [5, 5.41) is 12.7. The Morgan fingerprint density at radius 3 is 2.63 bits per heavy atom. The summed E-state index contributed by atoms with van der Waals surface area (Å²) < 4.78 is 2.26. The van der Waals surface area contributed by atoms with Crippen LogP contribution in [-0.2, 0) is 4.79 Å². The quantitative estimate of drug-likeness (QED) is 0.763. The number of aromatic nitrogens is 3. The first-order valence-corrected chi connectivity index (χ1v) is 10.8. The van der Waals surface area contributed by atoms with E-state index < -0.39 is 0 Å². The standard InChI is InChI=1S/C20H27N5OS/c1-14-6-7-16(12-15(14)2)21-18(26)13-27-20-23-22-19(25(20)17-8-9-17)24-10-4-3-5-11-24/h6-7,12,17H,3-5,8-11,13H2,1-2H3,(H,21,26). The second-order valence-electron chi connectivity index (χ2n) is 7.57. The highest BCUT2D eigenvalue weighted by Crippen LogP contribution is 2.41. The maximum Gasteiger partial charge on any atom is 0.234 e. The van der Waals surface area contributed by atoms with Gasteiger partial charge >= 0.3 is 0 Å². The van der Waals surface area contributed by atoms with Crippen molar-refractivity contribution in [2.75, 3.05) is 29.1 Å². The number of benzene rings is 1. The zero-order valence-corrected chi connectivity index (χ0v) is 16.9. The molecular formula is C20H27N5OS. The van der Waals surface area contributed by atoms with E-state index in [2.05, 4.69) is 38.8 Å². The minimum atomic E-state index is -0.00637. The van der Waals surface area contributed by atoms with Crippen molar-refractivity contribution in [2.24, 2.45) is 0 Å². The highest BCUT2D eigenvalue weighted by atomic mass is 32.2. The smallest absolute Gasteiger partial charge is 0.234 e. The first-order valence-electron chi connectivity index (χ1n) is 9.81. The van der Waals surface area contributed by atoms with Gasteiger partial charge in [0, 0.05) is 24.8 Å². The monoisotopic (exact) mass is 385 g/mol. The van der Waals surface area contributed by atoms with Crippen LogP contribution in [0, 0.1) is 13.8 Å². The molecule has 0 bridgehead atoms. The van der Waals surface area contributed by atoms with Gasteiger partial charge in [0.1, 0.15) is 0 Å². The van der Waals surface area contributed by atoms with Crippen LogP contribution < -0.4 is 10.2 Å². The van der Waals surface area contributed by atoms with E-state index in [9.17, 15) is 4.79 Å². The predicted octanol–water partition coefficient (Wildman–Crippen LogP) is 3.95. The fourth-order valence-corrected chi connectivity index (χ4v) is 4.28. The average Bonchev–Trinajstić information content (AvgIpc) is 3.43. The molecule has 1 aliphatic carbocycles. The fraction of sp³-hybridized carbons (Fsp3) is 0.550. The fourth-order valence-electron chi connectivity index (χ4n) is 3.48. The van der Waals surface area contributed by atoms with Crippen LogP contribution in [0.4, 0.5) is 11.6 Å². The van der Waals surface area contributed by atoms with E-state index in [4.69, 9.17) is 0 Å². The number of rotatable bonds is 6. The van der Waals surface area contributed by atoms with Gasteiger partial charge in [-0.2, -0.15) is 0 Å². The number of carbonyl (C=O) groups is 1. The van der Waals surface area contributed by atoms with Crippen LogP contribution in [0.25, 0.3) is 0 Å². The Hall–Kier alpha value is -2.02. The molecule has 27 heavy (non-hydrogen) atoms. The normalized spacial score (nSPS) is 17.2. The van der Waals surface area contributed by atoms with Crippen LogP contribution in [0.5, 0.6) is 0 Å². The Morgan fingerprint density at radius 2 is 1.93 bits per heavy atom. The number of nitrogens with zero attached hydrogens (tertiary/aromatic N) is 4. The van der Waals surface area contributed by atoms with Gasteiger partial charge in [-0.25, -0.2) is 0 Å². The van der Waals surface area contributed by atoms with Crippen LogP contribution in [0.1, 0.15) is 49.3 Å². The van der Waals surface area contributed by atoms with Crippen LogP contribution >= 0.6 is 11.8 Å². The number of aryl methyl sites for hydroxylation is 2. The second-order valence-corrected chi connectivity index (χ2v) is 8.51. The molecule has 1 aliphatic heterocycles. The van der Waals surface area contributed by atoms with Gasteiger partial charge in [-0.15, -0.1) is 10.2 Å². The summed E-state index contributed by atoms with van der Waals surface area (Å²) in [5.41, 5.74) is 3.26. The molecule has 1 N–H and O–H groups in total. The molecule has 4 rings (SSSR count). The lowest BCUT2D eigenvalue weighted by molar-refractivity contribution is -0.113. The number of hydrogen-bond acceptors (Lipinski definition) is 5. The number of nitrogens with one attached hydrogen (secondary N) is 1. The molecule has 0 unspecified atom stereocenters. The second kappa shape index (κ2) is 7.92. The van der Waals surface area contributed by atoms with E-state index in [1.54, 1.807) is 0 Å². The molecule has 6 nitrogen and oxygen atoms in total. The number of hydrogen-bond donors (Lipinski definition) is 1. The number of amides is 1. The molecule has 1 saturated carbocycles. The molecule has 1 aromatic carbocycles. The van der Waals surface area contributed by atoms with Gasteiger partial charge in [-0.3, -0.25) is 9.36 Å². The third-order valence-corrected chi connectivity index (χ3v) is 6.26. The van der Waals surface area contributed by atoms with Gasteiger partial charge in [0.2, 0.25) is 11.9 Å². The summed E-state index contributed by atoms with van der Waals surface area (Å²) in [7, 11) is 0. The van der Waals surface area contributed by atoms with E-state index in [0.717, 1.165) is 29.9 Å². The molecule has 0 atom stereocenters. The molecule has 2 aliphatic rings. The van der Waals surface area contributed by atoms with Crippen LogP contribution in [0.15, 0.2) is 23.4 Å². The molecular weight excluding hydrogens is 358 g/mol. The third kappa shape index (κ3) is 4.29. The maximum atomic E-state index is 12.4. The SMILES string of the molecule is Cc1ccc(NC(=O)CSc2nnc(N3CCCCC3)n2C2CC2)cc1C. The number of anilines is 2. The van der Waals surface area contributed by atoms with E-state index >= 15 is 0 Å². The summed E-state index contributed by atoms with van der Waals surface area (Å²) >= 11 is 1.49. The zero-order chi connectivity index (χ0) is 18.8. The van der Waals surface area contributed by atoms with Gasteiger partial charge in [0.15, 0.2) is 5.16 Å². The van der Waals surface area contributed by atoms with Crippen molar-refractivity contribution in [3.05, 3.63) is 29.3 Å². The lowest BCUT2D eigenvalue weighted by Gasteiger charge is -2.27. The molecule has 144 valence electrons. The summed E-state index contributed by atoms with van der Waals surface area (Å²) in [6.07, 6.45) is 6.10. The predicted molar refractivity (Wildman–Crippen MR) is 110 cm³/mol. The Bertz CT molecular complexity index is 824. The first kappa shape index (κ1) is 18.3. The van der Waals surface area contributed by atoms with Crippen molar-refractivity contribution in [3.8, 4) is 0 Å². The molecule has 0 spiro atoms. The molecule has 1 saturated heterocycles. The van der Waals surface area contributed by atoms with Crippen LogP contribution in [0.2, 0.25) is 0 Å². The van der Waals surface area contributed by atoms with E-state index in [1.165, 1.54) is 55.0 Å². The topological polar surface area (TPSA) is 63.1 Å². The Morgan fingerprint density at radius 1 is 1.15 bits per heavy atom. The molecule has 2 fully saturated rings. The summed E-state index contributed by atoms with van der Waals surface area (Å²) in [6.45, 7) is 6.24. The molecule has 1 aromatic heterocycles. The van der Waals surface area contributed by atoms with E-state index in [0.29, 0.717) is 11.8 Å². The first-order chi connectivity index (χ1) is 13.1. The Kier molecular flexibility index (Phi) is 5.38. The van der Waals surface area contributed by atoms with Crippen LogP contribution in [-0.4, -0.2) is 39.5 Å². The molecule has 0 radical (unpaired) electrons. The van der Waals surface area contributed by atoms with Crippen molar-refractivity contribution in [3.63, 3.8) is 0 Å². The van der Waals surface area contributed by atoms with Gasteiger partial charge in [-0.1, -0.05) is 17.8 Å². The van der Waals surface area contributed by atoms with Crippen molar-refractivity contribution in [1.82, 2.24) is 14.8 Å². The average molecular weight is 386 g/mol. The number of piperidine rings is 1. The summed E-state index contributed by atoms with van der Waals surface area (Å²) in [5.74, 6) is 1.33. The summed E-state index contributed by atoms with van der Waals surface area (Å²) in [6, 6.07) is 6.50. The maximum absolute atomic E-state index is 12.4. The number of carbonyl (C=O) groups excluding carboxylic acids is 1. The highest BCUT2D eigenvalue weighted by Gasteiger charge is 2.32. The lowest BCUT2D eigenvalue weighted by Crippen LogP contribution is -2.32. The summed E-state index contributed by atoms with van der Waals surface area (Å²) in [4.78, 5) is 14.7. The van der Waals surface area contributed by atoms with Gasteiger partial charge in [0.05, 0.1) is 5.75 Å². The van der Waals surface area contributed by atoms with Crippen molar-refractivity contribution >= 4 is 29.3 Å². The van der Waals surface area contributed by atoms with Gasteiger partial charge < -0.3 is 10.2 Å². The highest BCUT2D eigenvalue weighted by molar-refractivity contribution is 7.99. The molecule has 2 heterocycles. The minimum Gasteiger partial charge on any atom is -0.341 e.